The lowest BCUT2D eigenvalue weighted by molar-refractivity contribution is 0.378. The van der Waals surface area contributed by atoms with Crippen LogP contribution in [-0.4, -0.2) is 16.7 Å². The first-order valence-electron chi connectivity index (χ1n) is 5.44. The molecule has 0 saturated heterocycles. The molecule has 1 aromatic heterocycles. The van der Waals surface area contributed by atoms with Crippen LogP contribution >= 0.6 is 0 Å². The van der Waals surface area contributed by atoms with Crippen molar-refractivity contribution in [3.63, 3.8) is 0 Å². The molecular formula is C12H15N3O. The van der Waals surface area contributed by atoms with Gasteiger partial charge in [0.25, 0.3) is 0 Å². The molecule has 2 aromatic rings. The number of rotatable bonds is 5. The van der Waals surface area contributed by atoms with Gasteiger partial charge in [0.1, 0.15) is 0 Å². The third-order valence-corrected chi connectivity index (χ3v) is 2.24. The Morgan fingerprint density at radius 2 is 2.06 bits per heavy atom. The zero-order valence-corrected chi connectivity index (χ0v) is 9.31. The van der Waals surface area contributed by atoms with Crippen molar-refractivity contribution in [1.29, 1.82) is 0 Å². The largest absolute Gasteiger partial charge is 0.339 e. The molecule has 0 spiro atoms. The van der Waals surface area contributed by atoms with Crippen molar-refractivity contribution in [3.8, 4) is 0 Å². The van der Waals surface area contributed by atoms with E-state index in [4.69, 9.17) is 4.52 Å². The van der Waals surface area contributed by atoms with E-state index in [0.717, 1.165) is 6.54 Å². The highest BCUT2D eigenvalue weighted by Gasteiger charge is 2.05. The summed E-state index contributed by atoms with van der Waals surface area (Å²) in [7, 11) is 0. The summed E-state index contributed by atoms with van der Waals surface area (Å²) in [6, 6.07) is 10.1. The minimum atomic E-state index is 0.661. The van der Waals surface area contributed by atoms with Crippen LogP contribution in [0.5, 0.6) is 0 Å². The van der Waals surface area contributed by atoms with E-state index in [1.165, 1.54) is 5.56 Å². The SMILES string of the molecule is CCNCc1noc(Cc2ccccc2)n1. The van der Waals surface area contributed by atoms with Gasteiger partial charge in [0.2, 0.25) is 5.89 Å². The quantitative estimate of drug-likeness (QED) is 0.829. The van der Waals surface area contributed by atoms with E-state index in [-0.39, 0.29) is 0 Å². The highest BCUT2D eigenvalue weighted by atomic mass is 16.5. The molecule has 1 heterocycles. The number of hydrogen-bond acceptors (Lipinski definition) is 4. The molecule has 16 heavy (non-hydrogen) atoms. The molecule has 2 rings (SSSR count). The van der Waals surface area contributed by atoms with Gasteiger partial charge in [-0.1, -0.05) is 42.4 Å². The van der Waals surface area contributed by atoms with Gasteiger partial charge in [-0.25, -0.2) is 0 Å². The molecule has 0 amide bonds. The zero-order chi connectivity index (χ0) is 11.2. The first-order valence-corrected chi connectivity index (χ1v) is 5.44. The molecule has 84 valence electrons. The smallest absolute Gasteiger partial charge is 0.231 e. The summed E-state index contributed by atoms with van der Waals surface area (Å²) in [6.45, 7) is 3.61. The summed E-state index contributed by atoms with van der Waals surface area (Å²) in [5.41, 5.74) is 1.18. The lowest BCUT2D eigenvalue weighted by Gasteiger charge is -1.94. The van der Waals surface area contributed by atoms with Crippen molar-refractivity contribution >= 4 is 0 Å². The van der Waals surface area contributed by atoms with Crippen molar-refractivity contribution in [1.82, 2.24) is 15.5 Å². The Morgan fingerprint density at radius 1 is 1.25 bits per heavy atom. The van der Waals surface area contributed by atoms with Crippen LogP contribution < -0.4 is 5.32 Å². The van der Waals surface area contributed by atoms with Crippen molar-refractivity contribution in [2.24, 2.45) is 0 Å². The summed E-state index contributed by atoms with van der Waals surface area (Å²) in [4.78, 5) is 4.30. The summed E-state index contributed by atoms with van der Waals surface area (Å²) in [5.74, 6) is 1.38. The van der Waals surface area contributed by atoms with Crippen LogP contribution in [0.3, 0.4) is 0 Å². The third kappa shape index (κ3) is 2.90. The first kappa shape index (κ1) is 10.8. The second kappa shape index (κ2) is 5.42. The summed E-state index contributed by atoms with van der Waals surface area (Å²) >= 11 is 0. The normalized spacial score (nSPS) is 10.6. The maximum Gasteiger partial charge on any atom is 0.231 e. The summed E-state index contributed by atoms with van der Waals surface area (Å²) in [6.07, 6.45) is 0.694. The van der Waals surface area contributed by atoms with Gasteiger partial charge < -0.3 is 9.84 Å². The molecule has 4 heteroatoms. The molecular weight excluding hydrogens is 202 g/mol. The zero-order valence-electron chi connectivity index (χ0n) is 9.31. The Bertz CT molecular complexity index is 425. The van der Waals surface area contributed by atoms with Crippen LogP contribution in [0, 0.1) is 0 Å². The molecule has 0 aliphatic rings. The average molecular weight is 217 g/mol. The number of hydrogen-bond donors (Lipinski definition) is 1. The van der Waals surface area contributed by atoms with Gasteiger partial charge in [-0.15, -0.1) is 0 Å². The van der Waals surface area contributed by atoms with Crippen molar-refractivity contribution in [2.45, 2.75) is 19.9 Å². The summed E-state index contributed by atoms with van der Waals surface area (Å²) in [5, 5.41) is 7.06. The highest BCUT2D eigenvalue weighted by molar-refractivity contribution is 5.17. The van der Waals surface area contributed by atoms with Crippen molar-refractivity contribution in [3.05, 3.63) is 47.6 Å². The molecule has 0 saturated carbocycles. The summed E-state index contributed by atoms with van der Waals surface area (Å²) < 4.78 is 5.16. The Morgan fingerprint density at radius 3 is 2.81 bits per heavy atom. The van der Waals surface area contributed by atoms with Crippen LogP contribution in [0.2, 0.25) is 0 Å². The van der Waals surface area contributed by atoms with Crippen LogP contribution in [0.15, 0.2) is 34.9 Å². The van der Waals surface area contributed by atoms with E-state index in [0.29, 0.717) is 24.7 Å². The van der Waals surface area contributed by atoms with Crippen LogP contribution in [-0.2, 0) is 13.0 Å². The predicted molar refractivity (Wildman–Crippen MR) is 60.9 cm³/mol. The Kier molecular flexibility index (Phi) is 3.66. The second-order valence-corrected chi connectivity index (χ2v) is 3.55. The Hall–Kier alpha value is -1.68. The van der Waals surface area contributed by atoms with Gasteiger partial charge >= 0.3 is 0 Å². The number of nitrogens with zero attached hydrogens (tertiary/aromatic N) is 2. The van der Waals surface area contributed by atoms with E-state index < -0.39 is 0 Å². The molecule has 1 aromatic carbocycles. The van der Waals surface area contributed by atoms with E-state index in [9.17, 15) is 0 Å². The standard InChI is InChI=1S/C12H15N3O/c1-2-13-9-11-14-12(16-15-11)8-10-6-4-3-5-7-10/h3-7,13H,2,8-9H2,1H3. The fraction of sp³-hybridized carbons (Fsp3) is 0.333. The molecule has 0 atom stereocenters. The van der Waals surface area contributed by atoms with E-state index >= 15 is 0 Å². The van der Waals surface area contributed by atoms with E-state index in [2.05, 4.69) is 15.5 Å². The molecule has 0 aliphatic carbocycles. The maximum atomic E-state index is 5.16. The minimum Gasteiger partial charge on any atom is -0.339 e. The monoisotopic (exact) mass is 217 g/mol. The minimum absolute atomic E-state index is 0.661. The van der Waals surface area contributed by atoms with Crippen LogP contribution in [0.4, 0.5) is 0 Å². The fourth-order valence-electron chi connectivity index (χ4n) is 1.44. The molecule has 4 nitrogen and oxygen atoms in total. The van der Waals surface area contributed by atoms with E-state index in [1.807, 2.05) is 37.3 Å². The highest BCUT2D eigenvalue weighted by Crippen LogP contribution is 2.06. The van der Waals surface area contributed by atoms with Gasteiger partial charge in [-0.05, 0) is 12.1 Å². The van der Waals surface area contributed by atoms with Crippen LogP contribution in [0.1, 0.15) is 24.2 Å². The number of aromatic nitrogens is 2. The van der Waals surface area contributed by atoms with Gasteiger partial charge in [0.15, 0.2) is 5.82 Å². The first-order chi connectivity index (χ1) is 7.88. The molecule has 0 radical (unpaired) electrons. The predicted octanol–water partition coefficient (Wildman–Crippen LogP) is 1.77. The number of nitrogens with one attached hydrogen (secondary N) is 1. The molecule has 1 N–H and O–H groups in total. The van der Waals surface area contributed by atoms with Crippen molar-refractivity contribution < 1.29 is 4.52 Å². The average Bonchev–Trinajstić information content (AvgIpc) is 2.75. The molecule has 0 fully saturated rings. The lowest BCUT2D eigenvalue weighted by Crippen LogP contribution is -2.12. The topological polar surface area (TPSA) is 51.0 Å². The van der Waals surface area contributed by atoms with Gasteiger partial charge in [0.05, 0.1) is 13.0 Å². The molecule has 0 unspecified atom stereocenters. The fourth-order valence-corrected chi connectivity index (χ4v) is 1.44. The van der Waals surface area contributed by atoms with Gasteiger partial charge in [0, 0.05) is 0 Å². The maximum absolute atomic E-state index is 5.16. The molecule has 0 aliphatic heterocycles. The molecule has 0 bridgehead atoms. The Balaban J connectivity index is 1.97. The second-order valence-electron chi connectivity index (χ2n) is 3.55. The number of benzene rings is 1. The Labute approximate surface area is 94.7 Å². The van der Waals surface area contributed by atoms with Gasteiger partial charge in [-0.3, -0.25) is 0 Å². The van der Waals surface area contributed by atoms with E-state index in [1.54, 1.807) is 0 Å². The van der Waals surface area contributed by atoms with Crippen molar-refractivity contribution in [2.75, 3.05) is 6.54 Å². The van der Waals surface area contributed by atoms with Gasteiger partial charge in [-0.2, -0.15) is 4.98 Å². The van der Waals surface area contributed by atoms with Crippen LogP contribution in [0.25, 0.3) is 0 Å². The lowest BCUT2D eigenvalue weighted by atomic mass is 10.1. The third-order valence-electron chi connectivity index (χ3n) is 2.24.